The number of thiocarbonyl (C=S) groups is 1. The highest BCUT2D eigenvalue weighted by Gasteiger charge is 2.16. The van der Waals surface area contributed by atoms with Crippen LogP contribution in [0, 0.1) is 0 Å². The van der Waals surface area contributed by atoms with Crippen LogP contribution in [0.15, 0.2) is 72.8 Å². The standard InChI is InChI=1S/C30H31N3O4S/c1-19(2)37-22-9-7-8-21(17-22)26-18-24(23-10-5-6-11-25(23)32-26)29(34)33-30(38)31-15-14-20-12-13-27(35-3)28(16-20)36-4/h5-13,16-19H,14-15H2,1-4H3,(H2,31,33,34,38). The summed E-state index contributed by atoms with van der Waals surface area (Å²) in [4.78, 5) is 18.1. The molecule has 1 heterocycles. The molecule has 0 aliphatic heterocycles. The van der Waals surface area contributed by atoms with Crippen molar-refractivity contribution in [1.29, 1.82) is 0 Å². The first-order valence-corrected chi connectivity index (χ1v) is 12.8. The third-order valence-electron chi connectivity index (χ3n) is 5.84. The Morgan fingerprint density at radius 3 is 2.50 bits per heavy atom. The molecule has 0 aliphatic carbocycles. The lowest BCUT2D eigenvalue weighted by Crippen LogP contribution is -2.40. The second-order valence-electron chi connectivity index (χ2n) is 8.92. The van der Waals surface area contributed by atoms with Crippen LogP contribution in [0.3, 0.4) is 0 Å². The molecule has 7 nitrogen and oxygen atoms in total. The maximum atomic E-state index is 13.3. The number of carbonyl (C=O) groups excluding carboxylic acids is 1. The SMILES string of the molecule is COc1ccc(CCNC(=S)NC(=O)c2cc(-c3cccc(OC(C)C)c3)nc3ccccc23)cc1OC. The molecule has 0 spiro atoms. The zero-order valence-corrected chi connectivity index (χ0v) is 22.7. The minimum atomic E-state index is -0.303. The fourth-order valence-corrected chi connectivity index (χ4v) is 4.28. The van der Waals surface area contributed by atoms with Gasteiger partial charge in [0.15, 0.2) is 16.6 Å². The Balaban J connectivity index is 1.48. The molecule has 0 saturated carbocycles. The second kappa shape index (κ2) is 12.4. The van der Waals surface area contributed by atoms with Gasteiger partial charge in [0, 0.05) is 17.5 Å². The summed E-state index contributed by atoms with van der Waals surface area (Å²) in [7, 11) is 3.21. The number of amides is 1. The summed E-state index contributed by atoms with van der Waals surface area (Å²) in [5.41, 5.74) is 3.80. The highest BCUT2D eigenvalue weighted by molar-refractivity contribution is 7.80. The number of ether oxygens (including phenoxy) is 3. The van der Waals surface area contributed by atoms with Gasteiger partial charge in [0.1, 0.15) is 5.75 Å². The molecular weight excluding hydrogens is 498 g/mol. The maximum Gasteiger partial charge on any atom is 0.258 e. The Kier molecular flexibility index (Phi) is 8.76. The van der Waals surface area contributed by atoms with Crippen molar-refractivity contribution >= 4 is 34.1 Å². The van der Waals surface area contributed by atoms with Crippen LogP contribution in [0.5, 0.6) is 17.2 Å². The summed E-state index contributed by atoms with van der Waals surface area (Å²) >= 11 is 5.42. The van der Waals surface area contributed by atoms with Crippen LogP contribution in [-0.4, -0.2) is 42.9 Å². The zero-order chi connectivity index (χ0) is 27.1. The van der Waals surface area contributed by atoms with Crippen molar-refractivity contribution in [1.82, 2.24) is 15.6 Å². The topological polar surface area (TPSA) is 81.7 Å². The van der Waals surface area contributed by atoms with E-state index in [4.69, 9.17) is 31.4 Å². The molecule has 0 aliphatic rings. The van der Waals surface area contributed by atoms with Gasteiger partial charge in [0.25, 0.3) is 5.91 Å². The van der Waals surface area contributed by atoms with E-state index in [0.29, 0.717) is 35.7 Å². The first kappa shape index (κ1) is 26.9. The highest BCUT2D eigenvalue weighted by atomic mass is 32.1. The summed E-state index contributed by atoms with van der Waals surface area (Å²) < 4.78 is 16.5. The average molecular weight is 530 g/mol. The summed E-state index contributed by atoms with van der Waals surface area (Å²) in [6.45, 7) is 4.50. The summed E-state index contributed by atoms with van der Waals surface area (Å²) in [5.74, 6) is 1.79. The third-order valence-corrected chi connectivity index (χ3v) is 6.08. The molecular formula is C30H31N3O4S. The predicted octanol–water partition coefficient (Wildman–Crippen LogP) is 5.55. The van der Waals surface area contributed by atoms with Crippen molar-refractivity contribution in [3.8, 4) is 28.5 Å². The minimum absolute atomic E-state index is 0.0522. The first-order chi connectivity index (χ1) is 18.4. The fraction of sp³-hybridized carbons (Fsp3) is 0.233. The van der Waals surface area contributed by atoms with E-state index in [1.165, 1.54) is 0 Å². The molecule has 0 bridgehead atoms. The number of fused-ring (bicyclic) bond motifs is 1. The number of methoxy groups -OCH3 is 2. The van der Waals surface area contributed by atoms with E-state index in [0.717, 1.165) is 27.8 Å². The van der Waals surface area contributed by atoms with Crippen molar-refractivity contribution in [3.05, 3.63) is 83.9 Å². The Labute approximate surface area is 228 Å². The van der Waals surface area contributed by atoms with Gasteiger partial charge in [-0.2, -0.15) is 0 Å². The van der Waals surface area contributed by atoms with Crippen LogP contribution in [-0.2, 0) is 6.42 Å². The van der Waals surface area contributed by atoms with E-state index in [2.05, 4.69) is 10.6 Å². The monoisotopic (exact) mass is 529 g/mol. The first-order valence-electron chi connectivity index (χ1n) is 12.3. The van der Waals surface area contributed by atoms with E-state index in [-0.39, 0.29) is 17.1 Å². The number of benzene rings is 3. The Morgan fingerprint density at radius 1 is 0.947 bits per heavy atom. The molecule has 0 saturated heterocycles. The zero-order valence-electron chi connectivity index (χ0n) is 21.9. The van der Waals surface area contributed by atoms with Gasteiger partial charge >= 0.3 is 0 Å². The average Bonchev–Trinajstić information content (AvgIpc) is 2.92. The van der Waals surface area contributed by atoms with Gasteiger partial charge in [-0.05, 0) is 74.4 Å². The molecule has 2 N–H and O–H groups in total. The summed E-state index contributed by atoms with van der Waals surface area (Å²) in [5, 5.41) is 6.93. The summed E-state index contributed by atoms with van der Waals surface area (Å²) in [6.07, 6.45) is 0.740. The van der Waals surface area contributed by atoms with Crippen LogP contribution in [0.25, 0.3) is 22.2 Å². The smallest absolute Gasteiger partial charge is 0.258 e. The molecule has 0 radical (unpaired) electrons. The Morgan fingerprint density at radius 2 is 1.74 bits per heavy atom. The van der Waals surface area contributed by atoms with Crippen molar-refractivity contribution in [2.24, 2.45) is 0 Å². The van der Waals surface area contributed by atoms with Gasteiger partial charge < -0.3 is 19.5 Å². The van der Waals surface area contributed by atoms with Gasteiger partial charge in [-0.15, -0.1) is 0 Å². The predicted molar refractivity (Wildman–Crippen MR) is 154 cm³/mol. The molecule has 3 aromatic carbocycles. The Bertz CT molecular complexity index is 1450. The van der Waals surface area contributed by atoms with Crippen LogP contribution in [0.4, 0.5) is 0 Å². The molecule has 38 heavy (non-hydrogen) atoms. The normalized spacial score (nSPS) is 10.8. The van der Waals surface area contributed by atoms with E-state index >= 15 is 0 Å². The molecule has 4 rings (SSSR count). The van der Waals surface area contributed by atoms with Crippen LogP contribution in [0.1, 0.15) is 29.8 Å². The van der Waals surface area contributed by atoms with Gasteiger partial charge in [0.2, 0.25) is 0 Å². The van der Waals surface area contributed by atoms with E-state index in [9.17, 15) is 4.79 Å². The number of para-hydroxylation sites is 1. The quantitative estimate of drug-likeness (QED) is 0.275. The molecule has 1 amide bonds. The van der Waals surface area contributed by atoms with Gasteiger partial charge in [-0.1, -0.05) is 36.4 Å². The van der Waals surface area contributed by atoms with Crippen molar-refractivity contribution in [3.63, 3.8) is 0 Å². The lowest BCUT2D eigenvalue weighted by atomic mass is 10.0. The molecule has 0 fully saturated rings. The number of hydrogen-bond donors (Lipinski definition) is 2. The van der Waals surface area contributed by atoms with E-state index in [1.54, 1.807) is 20.3 Å². The number of pyridine rings is 1. The minimum Gasteiger partial charge on any atom is -0.493 e. The van der Waals surface area contributed by atoms with E-state index < -0.39 is 0 Å². The maximum absolute atomic E-state index is 13.3. The van der Waals surface area contributed by atoms with Crippen molar-refractivity contribution in [2.75, 3.05) is 20.8 Å². The molecule has 1 aromatic heterocycles. The lowest BCUT2D eigenvalue weighted by molar-refractivity contribution is 0.0978. The molecule has 0 atom stereocenters. The van der Waals surface area contributed by atoms with Crippen LogP contribution < -0.4 is 24.8 Å². The fourth-order valence-electron chi connectivity index (χ4n) is 4.08. The number of nitrogens with zero attached hydrogens (tertiary/aromatic N) is 1. The van der Waals surface area contributed by atoms with Crippen LogP contribution >= 0.6 is 12.2 Å². The van der Waals surface area contributed by atoms with Gasteiger partial charge in [-0.3, -0.25) is 10.1 Å². The Hall–Kier alpha value is -4.17. The number of carbonyl (C=O) groups is 1. The lowest BCUT2D eigenvalue weighted by Gasteiger charge is -2.14. The van der Waals surface area contributed by atoms with Crippen molar-refractivity contribution in [2.45, 2.75) is 26.4 Å². The number of rotatable bonds is 9. The third kappa shape index (κ3) is 6.58. The van der Waals surface area contributed by atoms with Gasteiger partial charge in [-0.25, -0.2) is 4.98 Å². The summed E-state index contributed by atoms with van der Waals surface area (Å²) in [6, 6.07) is 22.8. The highest BCUT2D eigenvalue weighted by Crippen LogP contribution is 2.29. The number of nitrogens with one attached hydrogen (secondary N) is 2. The second-order valence-corrected chi connectivity index (χ2v) is 9.32. The molecule has 8 heteroatoms. The van der Waals surface area contributed by atoms with Gasteiger partial charge in [0.05, 0.1) is 37.1 Å². The van der Waals surface area contributed by atoms with Crippen LogP contribution in [0.2, 0.25) is 0 Å². The number of aromatic nitrogens is 1. The molecule has 4 aromatic rings. The van der Waals surface area contributed by atoms with Crippen molar-refractivity contribution < 1.29 is 19.0 Å². The molecule has 196 valence electrons. The largest absolute Gasteiger partial charge is 0.493 e. The molecule has 0 unspecified atom stereocenters. The number of hydrogen-bond acceptors (Lipinski definition) is 6. The van der Waals surface area contributed by atoms with E-state index in [1.807, 2.05) is 80.6 Å².